The highest BCUT2D eigenvalue weighted by Gasteiger charge is 2.10. The van der Waals surface area contributed by atoms with Gasteiger partial charge in [-0.1, -0.05) is 0 Å². The van der Waals surface area contributed by atoms with Crippen LogP contribution in [-0.4, -0.2) is 30.7 Å². The molecule has 0 heterocycles. The summed E-state index contributed by atoms with van der Waals surface area (Å²) in [6.07, 6.45) is -0.574. The molecule has 0 radical (unpaired) electrons. The van der Waals surface area contributed by atoms with Gasteiger partial charge in [0.15, 0.2) is 11.5 Å². The Morgan fingerprint density at radius 2 is 2.06 bits per heavy atom. The number of anilines is 1. The summed E-state index contributed by atoms with van der Waals surface area (Å²) in [6.45, 7) is 2.35. The summed E-state index contributed by atoms with van der Waals surface area (Å²) in [5.74, 6) is -0.722. The summed E-state index contributed by atoms with van der Waals surface area (Å²) in [5, 5.41) is 10.9. The van der Waals surface area contributed by atoms with Gasteiger partial charge >= 0.3 is 5.97 Å². The van der Waals surface area contributed by atoms with Gasteiger partial charge in [0, 0.05) is 11.8 Å². The Hall–Kier alpha value is -2.24. The van der Waals surface area contributed by atoms with Gasteiger partial charge in [-0.2, -0.15) is 0 Å². The minimum absolute atomic E-state index is 0.460. The fourth-order valence-electron chi connectivity index (χ4n) is 1.36. The molecule has 0 saturated carbocycles. The van der Waals surface area contributed by atoms with Crippen LogP contribution in [0.25, 0.3) is 0 Å². The van der Waals surface area contributed by atoms with Crippen molar-refractivity contribution in [1.29, 1.82) is 0 Å². The first-order valence-electron chi connectivity index (χ1n) is 5.39. The summed E-state index contributed by atoms with van der Waals surface area (Å²) in [6, 6.07) is 4.84. The average Bonchev–Trinajstić information content (AvgIpc) is 2.30. The molecule has 18 heavy (non-hydrogen) atoms. The molecule has 0 aliphatic carbocycles. The number of hydrogen-bond donors (Lipinski definition) is 2. The molecule has 1 amide bonds. The first kappa shape index (κ1) is 13.8. The molecule has 0 bridgehead atoms. The Bertz CT molecular complexity index is 444. The van der Waals surface area contributed by atoms with Gasteiger partial charge in [0.25, 0.3) is 0 Å². The molecule has 1 rings (SSSR count). The zero-order valence-electron chi connectivity index (χ0n) is 10.2. The molecular formula is C12H15NO5. The van der Waals surface area contributed by atoms with Crippen molar-refractivity contribution in [3.63, 3.8) is 0 Å². The predicted octanol–water partition coefficient (Wildman–Crippen LogP) is 1.51. The number of ether oxygens (including phenoxy) is 2. The van der Waals surface area contributed by atoms with E-state index in [1.54, 1.807) is 18.2 Å². The maximum atomic E-state index is 11.3. The summed E-state index contributed by atoms with van der Waals surface area (Å²) in [5.41, 5.74) is 0.460. The van der Waals surface area contributed by atoms with Crippen LogP contribution in [0.5, 0.6) is 11.5 Å². The Kier molecular flexibility index (Phi) is 4.98. The number of nitrogens with one attached hydrogen (secondary N) is 1. The lowest BCUT2D eigenvalue weighted by molar-refractivity contribution is -0.139. The van der Waals surface area contributed by atoms with Gasteiger partial charge < -0.3 is 19.9 Å². The molecule has 6 heteroatoms. The number of carbonyl (C=O) groups is 2. The molecule has 1 aromatic rings. The zero-order chi connectivity index (χ0) is 13.5. The molecule has 1 aromatic carbocycles. The first-order valence-corrected chi connectivity index (χ1v) is 5.39. The molecule has 0 fully saturated rings. The van der Waals surface area contributed by atoms with Crippen molar-refractivity contribution in [2.45, 2.75) is 13.3 Å². The molecule has 6 nitrogen and oxygen atoms in total. The van der Waals surface area contributed by atoms with E-state index in [-0.39, 0.29) is 0 Å². The first-order chi connectivity index (χ1) is 8.56. The molecule has 0 saturated heterocycles. The number of amides is 1. The number of carboxylic acid groups (broad SMARTS) is 1. The minimum Gasteiger partial charge on any atom is -0.493 e. The molecule has 0 aliphatic heterocycles. The van der Waals surface area contributed by atoms with Crippen molar-refractivity contribution in [2.24, 2.45) is 0 Å². The lowest BCUT2D eigenvalue weighted by Crippen LogP contribution is -2.15. The van der Waals surface area contributed by atoms with Gasteiger partial charge in [-0.15, -0.1) is 0 Å². The normalized spacial score (nSPS) is 9.67. The highest BCUT2D eigenvalue weighted by atomic mass is 16.5. The van der Waals surface area contributed by atoms with E-state index in [4.69, 9.17) is 14.6 Å². The standard InChI is InChI=1S/C12H15NO5/c1-3-18-9-5-4-8(6-10(9)17-2)13-11(14)7-12(15)16/h4-6H,3,7H2,1-2H3,(H,13,14)(H,15,16). The van der Waals surface area contributed by atoms with Crippen LogP contribution in [0.2, 0.25) is 0 Å². The fourth-order valence-corrected chi connectivity index (χ4v) is 1.36. The van der Waals surface area contributed by atoms with Gasteiger partial charge in [0.05, 0.1) is 13.7 Å². The number of aliphatic carboxylic acids is 1. The van der Waals surface area contributed by atoms with Crippen LogP contribution in [-0.2, 0) is 9.59 Å². The van der Waals surface area contributed by atoms with Crippen molar-refractivity contribution in [3.05, 3.63) is 18.2 Å². The molecule has 0 aromatic heterocycles. The molecule has 0 unspecified atom stereocenters. The molecule has 98 valence electrons. The van der Waals surface area contributed by atoms with E-state index in [0.29, 0.717) is 23.8 Å². The van der Waals surface area contributed by atoms with Gasteiger partial charge in [-0.25, -0.2) is 0 Å². The van der Waals surface area contributed by atoms with Crippen LogP contribution in [0.3, 0.4) is 0 Å². The van der Waals surface area contributed by atoms with E-state index >= 15 is 0 Å². The average molecular weight is 253 g/mol. The quantitative estimate of drug-likeness (QED) is 0.750. The summed E-state index contributed by atoms with van der Waals surface area (Å²) in [4.78, 5) is 21.6. The number of carboxylic acids is 1. The highest BCUT2D eigenvalue weighted by molar-refractivity contribution is 6.01. The Balaban J connectivity index is 2.79. The lowest BCUT2D eigenvalue weighted by Gasteiger charge is -2.11. The van der Waals surface area contributed by atoms with E-state index in [9.17, 15) is 9.59 Å². The van der Waals surface area contributed by atoms with E-state index in [1.807, 2.05) is 6.92 Å². The number of benzene rings is 1. The Morgan fingerprint density at radius 3 is 2.61 bits per heavy atom. The minimum atomic E-state index is -1.18. The van der Waals surface area contributed by atoms with Crippen LogP contribution < -0.4 is 14.8 Å². The molecule has 0 spiro atoms. The van der Waals surface area contributed by atoms with E-state index in [0.717, 1.165) is 0 Å². The maximum Gasteiger partial charge on any atom is 0.312 e. The summed E-state index contributed by atoms with van der Waals surface area (Å²) >= 11 is 0. The van der Waals surface area contributed by atoms with Crippen molar-refractivity contribution >= 4 is 17.6 Å². The monoisotopic (exact) mass is 253 g/mol. The van der Waals surface area contributed by atoms with Crippen LogP contribution in [0.4, 0.5) is 5.69 Å². The highest BCUT2D eigenvalue weighted by Crippen LogP contribution is 2.30. The van der Waals surface area contributed by atoms with Crippen LogP contribution in [0, 0.1) is 0 Å². The predicted molar refractivity (Wildman–Crippen MR) is 65.0 cm³/mol. The van der Waals surface area contributed by atoms with Gasteiger partial charge in [0.2, 0.25) is 5.91 Å². The molecule has 0 atom stereocenters. The van der Waals surface area contributed by atoms with Gasteiger partial charge in [-0.3, -0.25) is 9.59 Å². The Morgan fingerprint density at radius 1 is 1.33 bits per heavy atom. The summed E-state index contributed by atoms with van der Waals surface area (Å²) < 4.78 is 10.4. The third-order valence-corrected chi connectivity index (χ3v) is 2.06. The number of rotatable bonds is 6. The number of carbonyl (C=O) groups excluding carboxylic acids is 1. The number of methoxy groups -OCH3 is 1. The second-order valence-corrected chi connectivity index (χ2v) is 3.42. The third-order valence-electron chi connectivity index (χ3n) is 2.06. The van der Waals surface area contributed by atoms with Crippen molar-refractivity contribution in [1.82, 2.24) is 0 Å². The van der Waals surface area contributed by atoms with E-state index < -0.39 is 18.3 Å². The third kappa shape index (κ3) is 3.97. The van der Waals surface area contributed by atoms with Gasteiger partial charge in [0.1, 0.15) is 6.42 Å². The van der Waals surface area contributed by atoms with Crippen molar-refractivity contribution < 1.29 is 24.2 Å². The molecule has 2 N–H and O–H groups in total. The smallest absolute Gasteiger partial charge is 0.312 e. The van der Waals surface area contributed by atoms with Crippen LogP contribution >= 0.6 is 0 Å². The SMILES string of the molecule is CCOc1ccc(NC(=O)CC(=O)O)cc1OC. The fraction of sp³-hybridized carbons (Fsp3) is 0.333. The largest absolute Gasteiger partial charge is 0.493 e. The van der Waals surface area contributed by atoms with Crippen LogP contribution in [0.15, 0.2) is 18.2 Å². The molecular weight excluding hydrogens is 238 g/mol. The Labute approximate surface area is 105 Å². The van der Waals surface area contributed by atoms with Crippen molar-refractivity contribution in [3.8, 4) is 11.5 Å². The summed E-state index contributed by atoms with van der Waals surface area (Å²) in [7, 11) is 1.49. The zero-order valence-corrected chi connectivity index (χ0v) is 10.2. The van der Waals surface area contributed by atoms with Crippen molar-refractivity contribution in [2.75, 3.05) is 19.0 Å². The second-order valence-electron chi connectivity index (χ2n) is 3.42. The van der Waals surface area contributed by atoms with E-state index in [2.05, 4.69) is 5.32 Å². The lowest BCUT2D eigenvalue weighted by atomic mass is 10.2. The second kappa shape index (κ2) is 6.48. The molecule has 0 aliphatic rings. The maximum absolute atomic E-state index is 11.3. The topological polar surface area (TPSA) is 84.9 Å². The van der Waals surface area contributed by atoms with Gasteiger partial charge in [-0.05, 0) is 19.1 Å². The van der Waals surface area contributed by atoms with E-state index in [1.165, 1.54) is 7.11 Å². The number of hydrogen-bond acceptors (Lipinski definition) is 4. The van der Waals surface area contributed by atoms with Crippen LogP contribution in [0.1, 0.15) is 13.3 Å².